The summed E-state index contributed by atoms with van der Waals surface area (Å²) in [5.41, 5.74) is -0.467. The molecule has 1 saturated heterocycles. The number of nitrogens with zero attached hydrogens (tertiary/aromatic N) is 2. The first kappa shape index (κ1) is 11.5. The molecule has 0 aliphatic carbocycles. The number of anilines is 1. The smallest absolute Gasteiger partial charge is 0.295 e. The molecule has 1 atom stereocenters. The van der Waals surface area contributed by atoms with Crippen LogP contribution in [0.15, 0.2) is 18.2 Å². The van der Waals surface area contributed by atoms with Crippen LogP contribution in [0.25, 0.3) is 0 Å². The van der Waals surface area contributed by atoms with Gasteiger partial charge in [0, 0.05) is 0 Å². The largest absolute Gasteiger partial charge is 0.391 e. The van der Waals surface area contributed by atoms with Crippen LogP contribution in [-0.4, -0.2) is 28.6 Å². The molecule has 1 aromatic rings. The molecule has 1 aromatic carbocycles. The maximum Gasteiger partial charge on any atom is 0.295 e. The van der Waals surface area contributed by atoms with Crippen molar-refractivity contribution in [3.8, 4) is 0 Å². The number of halogens is 1. The van der Waals surface area contributed by atoms with E-state index in [0.717, 1.165) is 17.0 Å². The molecule has 0 aromatic heterocycles. The minimum absolute atomic E-state index is 0.00863. The molecule has 1 heterocycles. The van der Waals surface area contributed by atoms with Crippen molar-refractivity contribution in [2.75, 3.05) is 11.4 Å². The quantitative estimate of drug-likeness (QED) is 0.613. The van der Waals surface area contributed by atoms with E-state index in [1.54, 1.807) is 0 Å². The molecule has 0 bridgehead atoms. The summed E-state index contributed by atoms with van der Waals surface area (Å²) >= 11 is 0. The molecule has 0 radical (unpaired) electrons. The third-order valence-electron chi connectivity index (χ3n) is 2.53. The minimum atomic E-state index is -0.841. The van der Waals surface area contributed by atoms with Crippen molar-refractivity contribution >= 4 is 17.3 Å². The highest BCUT2D eigenvalue weighted by molar-refractivity contribution is 5.98. The molecule has 17 heavy (non-hydrogen) atoms. The monoisotopic (exact) mass is 240 g/mol. The molecule has 1 N–H and O–H groups in total. The minimum Gasteiger partial charge on any atom is -0.391 e. The van der Waals surface area contributed by atoms with Crippen molar-refractivity contribution in [1.82, 2.24) is 0 Å². The number of aliphatic hydroxyl groups is 1. The van der Waals surface area contributed by atoms with Crippen LogP contribution in [0.2, 0.25) is 0 Å². The Balaban J connectivity index is 2.45. The highest BCUT2D eigenvalue weighted by atomic mass is 19.1. The topological polar surface area (TPSA) is 83.7 Å². The van der Waals surface area contributed by atoms with Gasteiger partial charge in [0.15, 0.2) is 0 Å². The second-order valence-corrected chi connectivity index (χ2v) is 3.75. The first-order chi connectivity index (χ1) is 7.99. The molecule has 1 amide bonds. The molecule has 6 nitrogen and oxygen atoms in total. The van der Waals surface area contributed by atoms with Crippen LogP contribution in [0.4, 0.5) is 15.8 Å². The summed E-state index contributed by atoms with van der Waals surface area (Å²) in [5, 5.41) is 20.1. The molecule has 2 rings (SSSR count). The predicted octanol–water partition coefficient (Wildman–Crippen LogP) is 0.832. The Morgan fingerprint density at radius 3 is 2.76 bits per heavy atom. The zero-order valence-electron chi connectivity index (χ0n) is 8.67. The lowest BCUT2D eigenvalue weighted by molar-refractivity contribution is -0.384. The van der Waals surface area contributed by atoms with Gasteiger partial charge in [-0.05, 0) is 12.1 Å². The van der Waals surface area contributed by atoms with Gasteiger partial charge in [-0.2, -0.15) is 0 Å². The fraction of sp³-hybridized carbons (Fsp3) is 0.300. The first-order valence-corrected chi connectivity index (χ1v) is 4.91. The standard InChI is InChI=1S/C10H9FN2O4/c11-6-1-2-8(9(3-6)13(16)17)12-5-7(14)4-10(12)15/h1-3,7,14H,4-5H2. The number of nitro benzene ring substituents is 1. The Labute approximate surface area is 95.4 Å². The van der Waals surface area contributed by atoms with E-state index in [1.807, 2.05) is 0 Å². The molecule has 90 valence electrons. The number of hydrogen-bond acceptors (Lipinski definition) is 4. The third kappa shape index (κ3) is 2.09. The number of rotatable bonds is 2. The van der Waals surface area contributed by atoms with E-state index < -0.39 is 28.4 Å². The van der Waals surface area contributed by atoms with Crippen LogP contribution >= 0.6 is 0 Å². The van der Waals surface area contributed by atoms with Crippen molar-refractivity contribution < 1.29 is 19.2 Å². The summed E-state index contributed by atoms with van der Waals surface area (Å²) in [6.07, 6.45) is -0.915. The summed E-state index contributed by atoms with van der Waals surface area (Å²) < 4.78 is 12.9. The molecular weight excluding hydrogens is 231 g/mol. The second kappa shape index (κ2) is 4.10. The van der Waals surface area contributed by atoms with Crippen molar-refractivity contribution in [2.45, 2.75) is 12.5 Å². The van der Waals surface area contributed by atoms with Crippen LogP contribution in [0.3, 0.4) is 0 Å². The molecular formula is C10H9FN2O4. The lowest BCUT2D eigenvalue weighted by Crippen LogP contribution is -2.26. The fourth-order valence-electron chi connectivity index (χ4n) is 1.79. The SMILES string of the molecule is O=C1CC(O)CN1c1ccc(F)cc1[N+](=O)[O-]. The molecule has 0 saturated carbocycles. The van der Waals surface area contributed by atoms with Gasteiger partial charge in [0.05, 0.1) is 30.1 Å². The molecule has 1 fully saturated rings. The molecule has 0 spiro atoms. The molecule has 1 aliphatic heterocycles. The van der Waals surface area contributed by atoms with Crippen molar-refractivity contribution in [2.24, 2.45) is 0 Å². The van der Waals surface area contributed by atoms with E-state index in [-0.39, 0.29) is 18.7 Å². The van der Waals surface area contributed by atoms with Crippen LogP contribution in [0.1, 0.15) is 6.42 Å². The number of aliphatic hydroxyl groups excluding tert-OH is 1. The average Bonchev–Trinajstić information content (AvgIpc) is 2.57. The summed E-state index contributed by atoms with van der Waals surface area (Å²) in [6.45, 7) is -0.00863. The average molecular weight is 240 g/mol. The van der Waals surface area contributed by atoms with Crippen LogP contribution < -0.4 is 4.90 Å². The number of carbonyl (C=O) groups is 1. The van der Waals surface area contributed by atoms with Gasteiger partial charge in [0.1, 0.15) is 11.5 Å². The van der Waals surface area contributed by atoms with Crippen LogP contribution in [0.5, 0.6) is 0 Å². The van der Waals surface area contributed by atoms with E-state index in [1.165, 1.54) is 6.07 Å². The van der Waals surface area contributed by atoms with E-state index in [4.69, 9.17) is 0 Å². The van der Waals surface area contributed by atoms with E-state index in [2.05, 4.69) is 0 Å². The fourth-order valence-corrected chi connectivity index (χ4v) is 1.79. The molecule has 1 unspecified atom stereocenters. The second-order valence-electron chi connectivity index (χ2n) is 3.75. The summed E-state index contributed by atoms with van der Waals surface area (Å²) in [5.74, 6) is -1.15. The zero-order valence-corrected chi connectivity index (χ0v) is 8.67. The van der Waals surface area contributed by atoms with Crippen molar-refractivity contribution in [1.29, 1.82) is 0 Å². The Morgan fingerprint density at radius 2 is 2.24 bits per heavy atom. The van der Waals surface area contributed by atoms with Gasteiger partial charge in [-0.1, -0.05) is 0 Å². The van der Waals surface area contributed by atoms with Crippen molar-refractivity contribution in [3.05, 3.63) is 34.1 Å². The number of benzene rings is 1. The normalized spacial score (nSPS) is 19.8. The highest BCUT2D eigenvalue weighted by Gasteiger charge is 2.33. The first-order valence-electron chi connectivity index (χ1n) is 4.91. The Kier molecular flexibility index (Phi) is 2.76. The third-order valence-corrected chi connectivity index (χ3v) is 2.53. The molecule has 7 heteroatoms. The summed E-state index contributed by atoms with van der Waals surface area (Å²) in [7, 11) is 0. The predicted molar refractivity (Wildman–Crippen MR) is 56.0 cm³/mol. The number of nitro groups is 1. The Morgan fingerprint density at radius 1 is 1.53 bits per heavy atom. The van der Waals surface area contributed by atoms with E-state index in [9.17, 15) is 24.4 Å². The van der Waals surface area contributed by atoms with Gasteiger partial charge in [-0.3, -0.25) is 14.9 Å². The van der Waals surface area contributed by atoms with Gasteiger partial charge < -0.3 is 10.0 Å². The van der Waals surface area contributed by atoms with E-state index in [0.29, 0.717) is 0 Å². The van der Waals surface area contributed by atoms with Gasteiger partial charge in [0.2, 0.25) is 5.91 Å². The highest BCUT2D eigenvalue weighted by Crippen LogP contribution is 2.31. The van der Waals surface area contributed by atoms with Gasteiger partial charge >= 0.3 is 0 Å². The Bertz CT molecular complexity index is 491. The number of β-amino-alcohol motifs (C(OH)–C–C–N with tert-alkyl or cyclic N) is 1. The maximum atomic E-state index is 12.9. The van der Waals surface area contributed by atoms with Crippen LogP contribution in [0, 0.1) is 15.9 Å². The Hall–Kier alpha value is -2.02. The number of amides is 1. The number of carbonyl (C=O) groups excluding carboxylic acids is 1. The lowest BCUT2D eigenvalue weighted by atomic mass is 10.2. The van der Waals surface area contributed by atoms with Gasteiger partial charge in [-0.15, -0.1) is 0 Å². The molecule has 1 aliphatic rings. The zero-order chi connectivity index (χ0) is 12.6. The van der Waals surface area contributed by atoms with Gasteiger partial charge in [0.25, 0.3) is 5.69 Å². The van der Waals surface area contributed by atoms with Gasteiger partial charge in [-0.25, -0.2) is 4.39 Å². The summed E-state index contributed by atoms with van der Waals surface area (Å²) in [6, 6.07) is 2.97. The maximum absolute atomic E-state index is 12.9. The summed E-state index contributed by atoms with van der Waals surface area (Å²) in [4.78, 5) is 22.6. The number of hydrogen-bond donors (Lipinski definition) is 1. The lowest BCUT2D eigenvalue weighted by Gasteiger charge is -2.15. The van der Waals surface area contributed by atoms with Crippen molar-refractivity contribution in [3.63, 3.8) is 0 Å². The van der Waals surface area contributed by atoms with Crippen LogP contribution in [-0.2, 0) is 4.79 Å². The van der Waals surface area contributed by atoms with E-state index >= 15 is 0 Å².